The van der Waals surface area contributed by atoms with Crippen LogP contribution in [-0.4, -0.2) is 38.2 Å². The second-order valence-corrected chi connectivity index (χ2v) is 6.37. The highest BCUT2D eigenvalue weighted by Gasteiger charge is 2.21. The number of amides is 3. The Bertz CT molecular complexity index is 811. The van der Waals surface area contributed by atoms with E-state index < -0.39 is 12.1 Å². The molecule has 3 N–H and O–H groups in total. The van der Waals surface area contributed by atoms with Crippen molar-refractivity contribution in [2.45, 2.75) is 19.4 Å². The molecule has 1 atom stereocenters. The Morgan fingerprint density at radius 2 is 1.79 bits per heavy atom. The third-order valence-electron chi connectivity index (χ3n) is 4.34. The standard InChI is InChI=1S/C21H25N3O4/c1-2-22-21(26)24-20(25)19(16-6-4-3-5-7-16)23-11-10-15-8-9-17-18(14-15)28-13-12-27-17/h3-9,14,19,23H,2,10-13H2,1H3,(H2,22,24,25,26)/t19-/m0/s1. The van der Waals surface area contributed by atoms with Crippen LogP contribution < -0.4 is 25.4 Å². The number of carbonyl (C=O) groups is 2. The minimum Gasteiger partial charge on any atom is -0.486 e. The molecule has 1 aliphatic heterocycles. The topological polar surface area (TPSA) is 88.7 Å². The lowest BCUT2D eigenvalue weighted by Crippen LogP contribution is -2.45. The molecule has 0 aliphatic carbocycles. The minimum atomic E-state index is -0.624. The van der Waals surface area contributed by atoms with Gasteiger partial charge in [0.25, 0.3) is 0 Å². The molecule has 3 amide bonds. The molecule has 2 aromatic rings. The van der Waals surface area contributed by atoms with Crippen LogP contribution >= 0.6 is 0 Å². The van der Waals surface area contributed by atoms with Crippen molar-refractivity contribution in [2.75, 3.05) is 26.3 Å². The summed E-state index contributed by atoms with van der Waals surface area (Å²) >= 11 is 0. The fraction of sp³-hybridized carbons (Fsp3) is 0.333. The van der Waals surface area contributed by atoms with Gasteiger partial charge >= 0.3 is 6.03 Å². The van der Waals surface area contributed by atoms with E-state index in [1.165, 1.54) is 0 Å². The van der Waals surface area contributed by atoms with Gasteiger partial charge < -0.3 is 20.1 Å². The van der Waals surface area contributed by atoms with Crippen molar-refractivity contribution in [1.82, 2.24) is 16.0 Å². The molecule has 2 aromatic carbocycles. The highest BCUT2D eigenvalue weighted by atomic mass is 16.6. The highest BCUT2D eigenvalue weighted by Crippen LogP contribution is 2.30. The van der Waals surface area contributed by atoms with Gasteiger partial charge in [-0.25, -0.2) is 4.79 Å². The number of ether oxygens (including phenoxy) is 2. The van der Waals surface area contributed by atoms with Gasteiger partial charge in [0.15, 0.2) is 11.5 Å². The van der Waals surface area contributed by atoms with Gasteiger partial charge in [-0.05, 0) is 36.6 Å². The number of rotatable bonds is 7. The number of hydrogen-bond donors (Lipinski definition) is 3. The summed E-state index contributed by atoms with van der Waals surface area (Å²) in [5, 5.41) is 8.20. The summed E-state index contributed by atoms with van der Waals surface area (Å²) in [6.07, 6.45) is 0.703. The van der Waals surface area contributed by atoms with E-state index in [4.69, 9.17) is 9.47 Å². The van der Waals surface area contributed by atoms with Crippen LogP contribution in [-0.2, 0) is 11.2 Å². The quantitative estimate of drug-likeness (QED) is 0.682. The Balaban J connectivity index is 1.63. The maximum Gasteiger partial charge on any atom is 0.321 e. The summed E-state index contributed by atoms with van der Waals surface area (Å²) in [4.78, 5) is 24.3. The van der Waals surface area contributed by atoms with E-state index in [1.54, 1.807) is 6.92 Å². The van der Waals surface area contributed by atoms with Crippen LogP contribution in [0.3, 0.4) is 0 Å². The molecule has 148 valence electrons. The molecule has 0 spiro atoms. The fourth-order valence-corrected chi connectivity index (χ4v) is 3.00. The lowest BCUT2D eigenvalue weighted by atomic mass is 10.1. The van der Waals surface area contributed by atoms with Crippen LogP contribution in [0.15, 0.2) is 48.5 Å². The Kier molecular flexibility index (Phi) is 6.86. The van der Waals surface area contributed by atoms with Crippen LogP contribution in [0.5, 0.6) is 11.5 Å². The number of imide groups is 1. The fourth-order valence-electron chi connectivity index (χ4n) is 3.00. The first kappa shape index (κ1) is 19.7. The number of benzene rings is 2. The molecule has 0 aromatic heterocycles. The van der Waals surface area contributed by atoms with Crippen LogP contribution in [0.25, 0.3) is 0 Å². The van der Waals surface area contributed by atoms with Gasteiger partial charge in [-0.1, -0.05) is 36.4 Å². The molecule has 0 radical (unpaired) electrons. The summed E-state index contributed by atoms with van der Waals surface area (Å²) in [5.74, 6) is 1.11. The van der Waals surface area contributed by atoms with Gasteiger partial charge in [0.1, 0.15) is 19.3 Å². The highest BCUT2D eigenvalue weighted by molar-refractivity contribution is 5.97. The van der Waals surface area contributed by atoms with Gasteiger partial charge in [0.2, 0.25) is 5.91 Å². The molecule has 0 unspecified atom stereocenters. The number of carbonyl (C=O) groups excluding carboxylic acids is 2. The molecule has 0 fully saturated rings. The van der Waals surface area contributed by atoms with E-state index in [0.29, 0.717) is 32.7 Å². The molecule has 7 nitrogen and oxygen atoms in total. The molecule has 3 rings (SSSR count). The molecule has 0 saturated carbocycles. The van der Waals surface area contributed by atoms with E-state index in [9.17, 15) is 9.59 Å². The van der Waals surface area contributed by atoms with Crippen LogP contribution in [0.4, 0.5) is 4.79 Å². The van der Waals surface area contributed by atoms with Crippen molar-refractivity contribution >= 4 is 11.9 Å². The molecule has 0 bridgehead atoms. The molecule has 7 heteroatoms. The van der Waals surface area contributed by atoms with Gasteiger partial charge in [-0.3, -0.25) is 10.1 Å². The predicted octanol–water partition coefficient (Wildman–Crippen LogP) is 2.18. The Hall–Kier alpha value is -3.06. The van der Waals surface area contributed by atoms with E-state index in [1.807, 2.05) is 48.5 Å². The molecule has 28 heavy (non-hydrogen) atoms. The molecular weight excluding hydrogens is 358 g/mol. The summed E-state index contributed by atoms with van der Waals surface area (Å²) in [5.41, 5.74) is 1.87. The summed E-state index contributed by atoms with van der Waals surface area (Å²) in [6, 6.07) is 14.1. The number of fused-ring (bicyclic) bond motifs is 1. The Morgan fingerprint density at radius 1 is 1.04 bits per heavy atom. The van der Waals surface area contributed by atoms with E-state index in [0.717, 1.165) is 22.6 Å². The Morgan fingerprint density at radius 3 is 2.54 bits per heavy atom. The molecule has 1 aliphatic rings. The summed E-state index contributed by atoms with van der Waals surface area (Å²) in [7, 11) is 0. The smallest absolute Gasteiger partial charge is 0.321 e. The van der Waals surface area contributed by atoms with Crippen LogP contribution in [0.2, 0.25) is 0 Å². The van der Waals surface area contributed by atoms with Crippen molar-refractivity contribution in [3.63, 3.8) is 0 Å². The van der Waals surface area contributed by atoms with Gasteiger partial charge in [0, 0.05) is 13.1 Å². The average molecular weight is 383 g/mol. The van der Waals surface area contributed by atoms with Gasteiger partial charge in [-0.2, -0.15) is 0 Å². The third kappa shape index (κ3) is 5.23. The average Bonchev–Trinajstić information content (AvgIpc) is 2.71. The first-order valence-corrected chi connectivity index (χ1v) is 9.43. The predicted molar refractivity (Wildman–Crippen MR) is 106 cm³/mol. The zero-order chi connectivity index (χ0) is 19.8. The number of hydrogen-bond acceptors (Lipinski definition) is 5. The SMILES string of the molecule is CCNC(=O)NC(=O)[C@@H](NCCc1ccc2c(c1)OCCO2)c1ccccc1. The van der Waals surface area contributed by atoms with Gasteiger partial charge in [0.05, 0.1) is 0 Å². The lowest BCUT2D eigenvalue weighted by molar-refractivity contribution is -0.122. The zero-order valence-electron chi connectivity index (χ0n) is 15.9. The van der Waals surface area contributed by atoms with Crippen molar-refractivity contribution < 1.29 is 19.1 Å². The van der Waals surface area contributed by atoms with Crippen molar-refractivity contribution in [1.29, 1.82) is 0 Å². The minimum absolute atomic E-state index is 0.390. The maximum absolute atomic E-state index is 12.6. The zero-order valence-corrected chi connectivity index (χ0v) is 15.9. The second kappa shape index (κ2) is 9.75. The molecule has 1 heterocycles. The second-order valence-electron chi connectivity index (χ2n) is 6.37. The summed E-state index contributed by atoms with van der Waals surface area (Å²) < 4.78 is 11.1. The normalized spacial score (nSPS) is 13.5. The first-order valence-electron chi connectivity index (χ1n) is 9.43. The molecule has 0 saturated heterocycles. The number of urea groups is 1. The molecular formula is C21H25N3O4. The Labute approximate surface area is 164 Å². The van der Waals surface area contributed by atoms with E-state index in [2.05, 4.69) is 16.0 Å². The third-order valence-corrected chi connectivity index (χ3v) is 4.34. The maximum atomic E-state index is 12.6. The lowest BCUT2D eigenvalue weighted by Gasteiger charge is -2.20. The van der Waals surface area contributed by atoms with Crippen LogP contribution in [0, 0.1) is 0 Å². The van der Waals surface area contributed by atoms with E-state index in [-0.39, 0.29) is 5.91 Å². The summed E-state index contributed by atoms with van der Waals surface area (Å²) in [6.45, 7) is 3.91. The van der Waals surface area contributed by atoms with Crippen molar-refractivity contribution in [3.8, 4) is 11.5 Å². The first-order chi connectivity index (χ1) is 13.7. The van der Waals surface area contributed by atoms with Crippen LogP contribution in [0.1, 0.15) is 24.1 Å². The van der Waals surface area contributed by atoms with E-state index >= 15 is 0 Å². The van der Waals surface area contributed by atoms with Gasteiger partial charge in [-0.15, -0.1) is 0 Å². The monoisotopic (exact) mass is 383 g/mol. The largest absolute Gasteiger partial charge is 0.486 e. The van der Waals surface area contributed by atoms with Crippen molar-refractivity contribution in [2.24, 2.45) is 0 Å². The van der Waals surface area contributed by atoms with Crippen molar-refractivity contribution in [3.05, 3.63) is 59.7 Å². The number of nitrogens with one attached hydrogen (secondary N) is 3.